The van der Waals surface area contributed by atoms with Crippen LogP contribution in [0.1, 0.15) is 22.6 Å². The number of imidazole rings is 1. The fourth-order valence-corrected chi connectivity index (χ4v) is 4.47. The molecule has 1 N–H and O–H groups in total. The summed E-state index contributed by atoms with van der Waals surface area (Å²) in [7, 11) is 0. The highest BCUT2D eigenvalue weighted by atomic mass is 79.9. The minimum Gasteiger partial charge on any atom is -0.343 e. The van der Waals surface area contributed by atoms with Crippen molar-refractivity contribution < 1.29 is 0 Å². The number of fused-ring (bicyclic) bond motifs is 1. The molecular formula is C25H18BrN3. The SMILES string of the molecule is Brc1cc(-c2ccnc3nc[nH]c23)ccc1C(c1ccccc1)c1ccccc1. The minimum absolute atomic E-state index is 0.158. The normalized spacial score (nSPS) is 11.2. The Morgan fingerprint density at radius 3 is 2.10 bits per heavy atom. The summed E-state index contributed by atoms with van der Waals surface area (Å²) in [5, 5.41) is 0. The van der Waals surface area contributed by atoms with Gasteiger partial charge < -0.3 is 4.98 Å². The van der Waals surface area contributed by atoms with Gasteiger partial charge in [0, 0.05) is 22.2 Å². The second-order valence-corrected chi connectivity index (χ2v) is 7.80. The molecule has 0 bridgehead atoms. The summed E-state index contributed by atoms with van der Waals surface area (Å²) in [5.41, 5.74) is 7.68. The second kappa shape index (κ2) is 7.64. The number of hydrogen-bond acceptors (Lipinski definition) is 2. The minimum atomic E-state index is 0.158. The van der Waals surface area contributed by atoms with Crippen LogP contribution in [0.5, 0.6) is 0 Å². The number of aromatic amines is 1. The van der Waals surface area contributed by atoms with E-state index in [2.05, 4.69) is 110 Å². The average molecular weight is 440 g/mol. The summed E-state index contributed by atoms with van der Waals surface area (Å²) in [6, 6.07) is 29.9. The molecule has 0 unspecified atom stereocenters. The van der Waals surface area contributed by atoms with E-state index < -0.39 is 0 Å². The number of halogens is 1. The number of H-pyrrole nitrogens is 1. The third-order valence-corrected chi connectivity index (χ3v) is 5.90. The molecule has 0 saturated heterocycles. The molecule has 0 amide bonds. The van der Waals surface area contributed by atoms with Crippen LogP contribution in [0.15, 0.2) is 102 Å². The van der Waals surface area contributed by atoms with E-state index in [9.17, 15) is 0 Å². The first kappa shape index (κ1) is 17.8. The fourth-order valence-electron chi connectivity index (χ4n) is 3.86. The molecule has 4 heteroatoms. The van der Waals surface area contributed by atoms with Crippen molar-refractivity contribution in [1.82, 2.24) is 15.0 Å². The number of pyridine rings is 1. The number of benzene rings is 3. The lowest BCUT2D eigenvalue weighted by Crippen LogP contribution is -2.04. The van der Waals surface area contributed by atoms with Crippen LogP contribution in [0.2, 0.25) is 0 Å². The number of nitrogens with zero attached hydrogens (tertiary/aromatic N) is 2. The average Bonchev–Trinajstić information content (AvgIpc) is 3.26. The molecule has 140 valence electrons. The summed E-state index contributed by atoms with van der Waals surface area (Å²) < 4.78 is 1.08. The lowest BCUT2D eigenvalue weighted by molar-refractivity contribution is 0.970. The van der Waals surface area contributed by atoms with Gasteiger partial charge in [-0.2, -0.15) is 0 Å². The van der Waals surface area contributed by atoms with Crippen molar-refractivity contribution in [2.75, 3.05) is 0 Å². The van der Waals surface area contributed by atoms with Crippen LogP contribution in [0, 0.1) is 0 Å². The van der Waals surface area contributed by atoms with Gasteiger partial charge in [-0.25, -0.2) is 9.97 Å². The molecule has 0 fully saturated rings. The Kier molecular flexibility index (Phi) is 4.70. The van der Waals surface area contributed by atoms with Crippen molar-refractivity contribution in [1.29, 1.82) is 0 Å². The molecule has 5 aromatic rings. The molecule has 3 aromatic carbocycles. The van der Waals surface area contributed by atoms with Crippen LogP contribution < -0.4 is 0 Å². The molecule has 2 aromatic heterocycles. The van der Waals surface area contributed by atoms with Crippen LogP contribution >= 0.6 is 15.9 Å². The molecule has 0 radical (unpaired) electrons. The highest BCUT2D eigenvalue weighted by Gasteiger charge is 2.19. The van der Waals surface area contributed by atoms with Crippen molar-refractivity contribution >= 4 is 27.1 Å². The summed E-state index contributed by atoms with van der Waals surface area (Å²) in [4.78, 5) is 11.8. The molecule has 0 atom stereocenters. The van der Waals surface area contributed by atoms with Gasteiger partial charge in [0.25, 0.3) is 0 Å². The topological polar surface area (TPSA) is 41.6 Å². The van der Waals surface area contributed by atoms with Gasteiger partial charge in [0.1, 0.15) is 0 Å². The first-order valence-electron chi connectivity index (χ1n) is 9.49. The van der Waals surface area contributed by atoms with Crippen molar-refractivity contribution in [3.05, 3.63) is 119 Å². The quantitative estimate of drug-likeness (QED) is 0.321. The summed E-state index contributed by atoms with van der Waals surface area (Å²) in [6.45, 7) is 0. The Morgan fingerprint density at radius 1 is 0.759 bits per heavy atom. The molecule has 5 rings (SSSR count). The van der Waals surface area contributed by atoms with Crippen molar-refractivity contribution in [3.63, 3.8) is 0 Å². The molecule has 0 aliphatic heterocycles. The van der Waals surface area contributed by atoms with E-state index in [1.165, 1.54) is 16.7 Å². The Morgan fingerprint density at radius 2 is 1.45 bits per heavy atom. The van der Waals surface area contributed by atoms with Crippen LogP contribution in [0.25, 0.3) is 22.3 Å². The first-order valence-corrected chi connectivity index (χ1v) is 10.3. The Labute approximate surface area is 177 Å². The Balaban J connectivity index is 1.64. The maximum absolute atomic E-state index is 4.32. The van der Waals surface area contributed by atoms with Gasteiger partial charge in [-0.1, -0.05) is 88.7 Å². The van der Waals surface area contributed by atoms with Gasteiger partial charge in [-0.15, -0.1) is 0 Å². The third kappa shape index (κ3) is 3.36. The van der Waals surface area contributed by atoms with E-state index in [1.54, 1.807) is 12.5 Å². The van der Waals surface area contributed by atoms with Crippen LogP contribution in [0.4, 0.5) is 0 Å². The molecule has 2 heterocycles. The summed E-state index contributed by atoms with van der Waals surface area (Å²) in [5.74, 6) is 0.158. The van der Waals surface area contributed by atoms with Gasteiger partial charge in [-0.3, -0.25) is 0 Å². The molecule has 0 aliphatic rings. The maximum atomic E-state index is 4.32. The van der Waals surface area contributed by atoms with Gasteiger partial charge in [0.2, 0.25) is 0 Å². The highest BCUT2D eigenvalue weighted by molar-refractivity contribution is 9.10. The largest absolute Gasteiger partial charge is 0.343 e. The van der Waals surface area contributed by atoms with Gasteiger partial charge >= 0.3 is 0 Å². The number of rotatable bonds is 4. The van der Waals surface area contributed by atoms with Crippen LogP contribution in [0.3, 0.4) is 0 Å². The zero-order valence-corrected chi connectivity index (χ0v) is 17.2. The van der Waals surface area contributed by atoms with Crippen molar-refractivity contribution in [2.24, 2.45) is 0 Å². The van der Waals surface area contributed by atoms with Gasteiger partial charge in [0.05, 0.1) is 11.8 Å². The zero-order valence-electron chi connectivity index (χ0n) is 15.6. The predicted octanol–water partition coefficient (Wildman–Crippen LogP) is 6.57. The lowest BCUT2D eigenvalue weighted by atomic mass is 9.84. The van der Waals surface area contributed by atoms with Crippen LogP contribution in [-0.4, -0.2) is 15.0 Å². The third-order valence-electron chi connectivity index (χ3n) is 5.21. The summed E-state index contributed by atoms with van der Waals surface area (Å²) in [6.07, 6.45) is 3.49. The molecule has 29 heavy (non-hydrogen) atoms. The van der Waals surface area contributed by atoms with E-state index >= 15 is 0 Å². The standard InChI is InChI=1S/C25H18BrN3/c26-22-15-19(20-13-14-27-25-24(20)28-16-29-25)11-12-21(22)23(17-7-3-1-4-8-17)18-9-5-2-6-10-18/h1-16,23H,(H,27,28,29). The molecule has 0 spiro atoms. The van der Waals surface area contributed by atoms with E-state index in [-0.39, 0.29) is 5.92 Å². The second-order valence-electron chi connectivity index (χ2n) is 6.95. The fraction of sp³-hybridized carbons (Fsp3) is 0.0400. The molecular weight excluding hydrogens is 422 g/mol. The molecule has 3 nitrogen and oxygen atoms in total. The number of hydrogen-bond donors (Lipinski definition) is 1. The van der Waals surface area contributed by atoms with Crippen molar-refractivity contribution in [2.45, 2.75) is 5.92 Å². The Hall–Kier alpha value is -3.24. The van der Waals surface area contributed by atoms with Crippen LogP contribution in [-0.2, 0) is 0 Å². The highest BCUT2D eigenvalue weighted by Crippen LogP contribution is 2.38. The molecule has 0 saturated carbocycles. The lowest BCUT2D eigenvalue weighted by Gasteiger charge is -2.21. The Bertz CT molecular complexity index is 1220. The van der Waals surface area contributed by atoms with Gasteiger partial charge in [0.15, 0.2) is 5.65 Å². The van der Waals surface area contributed by atoms with Gasteiger partial charge in [-0.05, 0) is 34.4 Å². The number of aromatic nitrogens is 3. The first-order chi connectivity index (χ1) is 14.3. The maximum Gasteiger partial charge on any atom is 0.178 e. The predicted molar refractivity (Wildman–Crippen MR) is 121 cm³/mol. The molecule has 0 aliphatic carbocycles. The van der Waals surface area contributed by atoms with E-state index in [0.29, 0.717) is 0 Å². The zero-order chi connectivity index (χ0) is 19.6. The van der Waals surface area contributed by atoms with E-state index in [1.807, 2.05) is 6.07 Å². The van der Waals surface area contributed by atoms with E-state index in [0.717, 1.165) is 26.8 Å². The summed E-state index contributed by atoms with van der Waals surface area (Å²) >= 11 is 3.85. The smallest absolute Gasteiger partial charge is 0.178 e. The van der Waals surface area contributed by atoms with Crippen molar-refractivity contribution in [3.8, 4) is 11.1 Å². The number of nitrogens with one attached hydrogen (secondary N) is 1. The van der Waals surface area contributed by atoms with E-state index in [4.69, 9.17) is 0 Å². The monoisotopic (exact) mass is 439 g/mol.